The third kappa shape index (κ3) is 4.19. The molecule has 0 aliphatic heterocycles. The number of hydrogen-bond donors (Lipinski definition) is 1. The molecule has 2 aromatic rings. The van der Waals surface area contributed by atoms with Crippen LogP contribution >= 0.6 is 39.1 Å². The van der Waals surface area contributed by atoms with Crippen LogP contribution in [0.2, 0.25) is 10.0 Å². The van der Waals surface area contributed by atoms with Crippen LogP contribution in [-0.4, -0.2) is 11.2 Å². The SMILES string of the molecule is OC(Cc1ccc(Cl)cc1Cl)Cc1cc(F)ccc1Br. The molecule has 0 aliphatic carbocycles. The number of aliphatic hydroxyl groups excluding tert-OH is 1. The van der Waals surface area contributed by atoms with E-state index in [0.29, 0.717) is 22.9 Å². The lowest BCUT2D eigenvalue weighted by molar-refractivity contribution is 0.175. The summed E-state index contributed by atoms with van der Waals surface area (Å²) in [5.41, 5.74) is 1.54. The summed E-state index contributed by atoms with van der Waals surface area (Å²) < 4.78 is 14.0. The topological polar surface area (TPSA) is 20.2 Å². The Morgan fingerprint density at radius 1 is 1.05 bits per heavy atom. The van der Waals surface area contributed by atoms with Gasteiger partial charge in [0, 0.05) is 20.9 Å². The van der Waals surface area contributed by atoms with Gasteiger partial charge in [-0.1, -0.05) is 45.2 Å². The molecule has 1 nitrogen and oxygen atoms in total. The Labute approximate surface area is 135 Å². The zero-order chi connectivity index (χ0) is 14.7. The largest absolute Gasteiger partial charge is 0.392 e. The van der Waals surface area contributed by atoms with Crippen molar-refractivity contribution >= 4 is 39.1 Å². The van der Waals surface area contributed by atoms with Crippen LogP contribution in [0.4, 0.5) is 4.39 Å². The molecule has 5 heteroatoms. The van der Waals surface area contributed by atoms with Crippen LogP contribution in [0.15, 0.2) is 40.9 Å². The first-order chi connectivity index (χ1) is 9.45. The first-order valence-corrected chi connectivity index (χ1v) is 7.56. The Kier molecular flexibility index (Phi) is 5.44. The highest BCUT2D eigenvalue weighted by atomic mass is 79.9. The molecule has 0 fully saturated rings. The first-order valence-electron chi connectivity index (χ1n) is 6.01. The van der Waals surface area contributed by atoms with Crippen LogP contribution < -0.4 is 0 Å². The van der Waals surface area contributed by atoms with E-state index in [-0.39, 0.29) is 5.82 Å². The highest BCUT2D eigenvalue weighted by Gasteiger charge is 2.12. The number of hydrogen-bond acceptors (Lipinski definition) is 1. The Morgan fingerprint density at radius 2 is 1.75 bits per heavy atom. The smallest absolute Gasteiger partial charge is 0.123 e. The highest BCUT2D eigenvalue weighted by Crippen LogP contribution is 2.24. The molecule has 1 N–H and O–H groups in total. The minimum atomic E-state index is -0.647. The normalized spacial score (nSPS) is 12.4. The van der Waals surface area contributed by atoms with Gasteiger partial charge in [-0.15, -0.1) is 0 Å². The molecule has 0 saturated heterocycles. The van der Waals surface area contributed by atoms with Crippen molar-refractivity contribution in [2.24, 2.45) is 0 Å². The van der Waals surface area contributed by atoms with Gasteiger partial charge in [0.05, 0.1) is 6.10 Å². The molecule has 2 rings (SSSR count). The second-order valence-corrected chi connectivity index (χ2v) is 6.23. The van der Waals surface area contributed by atoms with Crippen molar-refractivity contribution in [2.75, 3.05) is 0 Å². The van der Waals surface area contributed by atoms with Crippen molar-refractivity contribution in [3.05, 3.63) is 67.9 Å². The van der Waals surface area contributed by atoms with Gasteiger partial charge >= 0.3 is 0 Å². The average molecular weight is 378 g/mol. The Morgan fingerprint density at radius 3 is 2.45 bits per heavy atom. The van der Waals surface area contributed by atoms with E-state index in [1.807, 2.05) is 0 Å². The summed E-state index contributed by atoms with van der Waals surface area (Å²) in [5, 5.41) is 11.2. The Balaban J connectivity index is 2.08. The van der Waals surface area contributed by atoms with E-state index in [1.54, 1.807) is 24.3 Å². The van der Waals surface area contributed by atoms with E-state index in [4.69, 9.17) is 23.2 Å². The van der Waals surface area contributed by atoms with Crippen molar-refractivity contribution < 1.29 is 9.50 Å². The molecule has 1 atom stereocenters. The summed E-state index contributed by atoms with van der Waals surface area (Å²) in [6, 6.07) is 9.57. The molecule has 0 aliphatic rings. The van der Waals surface area contributed by atoms with Crippen LogP contribution in [-0.2, 0) is 12.8 Å². The van der Waals surface area contributed by atoms with E-state index in [1.165, 1.54) is 12.1 Å². The predicted octanol–water partition coefficient (Wildman–Crippen LogP) is 5.04. The molecule has 0 bridgehead atoms. The van der Waals surface area contributed by atoms with Gasteiger partial charge in [0.25, 0.3) is 0 Å². The van der Waals surface area contributed by atoms with Gasteiger partial charge in [-0.3, -0.25) is 0 Å². The van der Waals surface area contributed by atoms with E-state index < -0.39 is 6.10 Å². The van der Waals surface area contributed by atoms with Crippen molar-refractivity contribution in [1.82, 2.24) is 0 Å². The zero-order valence-corrected chi connectivity index (χ0v) is 13.5. The maximum Gasteiger partial charge on any atom is 0.123 e. The van der Waals surface area contributed by atoms with E-state index in [9.17, 15) is 9.50 Å². The summed E-state index contributed by atoms with van der Waals surface area (Å²) in [7, 11) is 0. The molecule has 2 aromatic carbocycles. The van der Waals surface area contributed by atoms with Gasteiger partial charge in [-0.2, -0.15) is 0 Å². The van der Waals surface area contributed by atoms with Gasteiger partial charge in [-0.25, -0.2) is 4.39 Å². The molecule has 0 spiro atoms. The number of rotatable bonds is 4. The maximum atomic E-state index is 13.2. The monoisotopic (exact) mass is 376 g/mol. The highest BCUT2D eigenvalue weighted by molar-refractivity contribution is 9.10. The lowest BCUT2D eigenvalue weighted by atomic mass is 10.0. The van der Waals surface area contributed by atoms with Gasteiger partial charge in [0.2, 0.25) is 0 Å². The molecule has 0 radical (unpaired) electrons. The quantitative estimate of drug-likeness (QED) is 0.791. The van der Waals surface area contributed by atoms with Crippen LogP contribution in [0.3, 0.4) is 0 Å². The summed E-state index contributed by atoms with van der Waals surface area (Å²) >= 11 is 15.2. The zero-order valence-electron chi connectivity index (χ0n) is 10.4. The third-order valence-corrected chi connectivity index (χ3v) is 4.29. The minimum Gasteiger partial charge on any atom is -0.392 e. The minimum absolute atomic E-state index is 0.320. The maximum absolute atomic E-state index is 13.2. The van der Waals surface area contributed by atoms with Gasteiger partial charge < -0.3 is 5.11 Å². The predicted molar refractivity (Wildman–Crippen MR) is 84.0 cm³/mol. The third-order valence-electron chi connectivity index (χ3n) is 2.93. The molecule has 0 aromatic heterocycles. The van der Waals surface area contributed by atoms with Crippen molar-refractivity contribution in [1.29, 1.82) is 0 Å². The van der Waals surface area contributed by atoms with E-state index >= 15 is 0 Å². The molecular weight excluding hydrogens is 366 g/mol. The van der Waals surface area contributed by atoms with Crippen molar-refractivity contribution in [3.63, 3.8) is 0 Å². The number of halogens is 4. The van der Waals surface area contributed by atoms with E-state index in [2.05, 4.69) is 15.9 Å². The summed E-state index contributed by atoms with van der Waals surface area (Å²) in [5.74, 6) is -0.320. The van der Waals surface area contributed by atoms with Crippen molar-refractivity contribution in [2.45, 2.75) is 18.9 Å². The first kappa shape index (κ1) is 15.8. The fourth-order valence-corrected chi connectivity index (χ4v) is 2.86. The standard InChI is InChI=1S/C15H12BrCl2FO/c16-14-4-3-12(19)5-10(14)7-13(20)6-9-1-2-11(17)8-15(9)18/h1-5,8,13,20H,6-7H2. The lowest BCUT2D eigenvalue weighted by Crippen LogP contribution is -2.14. The molecule has 106 valence electrons. The second-order valence-electron chi connectivity index (χ2n) is 4.53. The summed E-state index contributed by atoms with van der Waals surface area (Å²) in [4.78, 5) is 0. The van der Waals surface area contributed by atoms with Gasteiger partial charge in [0.15, 0.2) is 0 Å². The van der Waals surface area contributed by atoms with Crippen LogP contribution in [0.25, 0.3) is 0 Å². The van der Waals surface area contributed by atoms with Crippen LogP contribution in [0.1, 0.15) is 11.1 Å². The Bertz CT molecular complexity index is 619. The summed E-state index contributed by atoms with van der Waals surface area (Å²) in [6.45, 7) is 0. The van der Waals surface area contributed by atoms with Crippen LogP contribution in [0.5, 0.6) is 0 Å². The van der Waals surface area contributed by atoms with Crippen molar-refractivity contribution in [3.8, 4) is 0 Å². The number of benzene rings is 2. The van der Waals surface area contributed by atoms with Crippen LogP contribution in [0, 0.1) is 5.82 Å². The molecule has 20 heavy (non-hydrogen) atoms. The fraction of sp³-hybridized carbons (Fsp3) is 0.200. The molecule has 0 amide bonds. The van der Waals surface area contributed by atoms with Gasteiger partial charge in [0.1, 0.15) is 5.82 Å². The molecule has 1 unspecified atom stereocenters. The lowest BCUT2D eigenvalue weighted by Gasteiger charge is -2.13. The molecule has 0 saturated carbocycles. The Hall–Kier alpha value is -0.610. The molecule has 0 heterocycles. The number of aliphatic hydroxyl groups is 1. The fourth-order valence-electron chi connectivity index (χ4n) is 1.97. The summed E-state index contributed by atoms with van der Waals surface area (Å²) in [6.07, 6.45) is 0.0859. The average Bonchev–Trinajstić information content (AvgIpc) is 2.37. The van der Waals surface area contributed by atoms with Gasteiger partial charge in [-0.05, 0) is 47.9 Å². The molecular formula is C15H12BrCl2FO. The van der Waals surface area contributed by atoms with E-state index in [0.717, 1.165) is 15.6 Å². The second kappa shape index (κ2) is 6.90.